The second-order valence-electron chi connectivity index (χ2n) is 8.91. The SMILES string of the molecule is CC[C@H]1C(O)=C2CC[C@@]3(C)C[C@H](C)[C@@H](O3)[C@H](O)C[C@@H](C)C(=O)C[C@H]1OC2=O. The van der Waals surface area contributed by atoms with Crippen molar-refractivity contribution in [1.29, 1.82) is 0 Å². The molecule has 4 heterocycles. The van der Waals surface area contributed by atoms with E-state index in [0.717, 1.165) is 6.42 Å². The van der Waals surface area contributed by atoms with Gasteiger partial charge in [-0.1, -0.05) is 20.8 Å². The van der Waals surface area contributed by atoms with Crippen molar-refractivity contribution in [1.82, 2.24) is 0 Å². The van der Waals surface area contributed by atoms with Gasteiger partial charge in [0.2, 0.25) is 0 Å². The largest absolute Gasteiger partial charge is 0.511 e. The molecule has 27 heavy (non-hydrogen) atoms. The first kappa shape index (κ1) is 20.3. The minimum Gasteiger partial charge on any atom is -0.511 e. The highest BCUT2D eigenvalue weighted by molar-refractivity contribution is 5.91. The zero-order chi connectivity index (χ0) is 19.9. The number of Topliss-reactive ketones (excluding diaryl/α,β-unsaturated/α-hetero) is 1. The zero-order valence-corrected chi connectivity index (χ0v) is 16.7. The van der Waals surface area contributed by atoms with Gasteiger partial charge in [0.25, 0.3) is 0 Å². The Bertz CT molecular complexity index is 641. The van der Waals surface area contributed by atoms with E-state index in [4.69, 9.17) is 9.47 Å². The normalized spacial score (nSPS) is 43.6. The number of rotatable bonds is 1. The average molecular weight is 380 g/mol. The molecule has 2 N–H and O–H groups in total. The highest BCUT2D eigenvalue weighted by Crippen LogP contribution is 2.42. The third-order valence-electron chi connectivity index (χ3n) is 6.62. The third kappa shape index (κ3) is 3.92. The maximum absolute atomic E-state index is 12.7. The maximum Gasteiger partial charge on any atom is 0.337 e. The van der Waals surface area contributed by atoms with Crippen LogP contribution < -0.4 is 0 Å². The fourth-order valence-electron chi connectivity index (χ4n) is 4.99. The predicted molar refractivity (Wildman–Crippen MR) is 99.0 cm³/mol. The molecule has 0 radical (unpaired) electrons. The van der Waals surface area contributed by atoms with E-state index in [1.54, 1.807) is 6.92 Å². The molecule has 4 aliphatic heterocycles. The summed E-state index contributed by atoms with van der Waals surface area (Å²) in [5.74, 6) is -1.08. The van der Waals surface area contributed by atoms with Gasteiger partial charge in [-0.3, -0.25) is 4.79 Å². The number of esters is 1. The van der Waals surface area contributed by atoms with Gasteiger partial charge >= 0.3 is 5.97 Å². The van der Waals surface area contributed by atoms with Crippen molar-refractivity contribution in [2.45, 2.75) is 90.1 Å². The summed E-state index contributed by atoms with van der Waals surface area (Å²) in [5, 5.41) is 21.4. The van der Waals surface area contributed by atoms with E-state index in [9.17, 15) is 19.8 Å². The van der Waals surface area contributed by atoms with Crippen LogP contribution >= 0.6 is 0 Å². The Kier molecular flexibility index (Phi) is 5.69. The molecule has 152 valence electrons. The molecule has 6 heteroatoms. The number of fused-ring (bicyclic) bond motifs is 7. The van der Waals surface area contributed by atoms with E-state index in [0.29, 0.717) is 31.3 Å². The molecular formula is C21H32O6. The summed E-state index contributed by atoms with van der Waals surface area (Å²) in [4.78, 5) is 25.2. The van der Waals surface area contributed by atoms with Gasteiger partial charge in [0.05, 0.1) is 29.3 Å². The van der Waals surface area contributed by atoms with E-state index < -0.39 is 23.8 Å². The van der Waals surface area contributed by atoms with E-state index in [-0.39, 0.29) is 41.8 Å². The number of hydrogen-bond acceptors (Lipinski definition) is 6. The molecule has 0 aromatic carbocycles. The minimum atomic E-state index is -0.696. The molecule has 0 spiro atoms. The average Bonchev–Trinajstić information content (AvgIpc) is 2.89. The second kappa shape index (κ2) is 7.55. The molecule has 0 unspecified atom stereocenters. The minimum absolute atomic E-state index is 0.0629. The molecule has 0 aliphatic carbocycles. The molecule has 0 saturated carbocycles. The molecule has 6 nitrogen and oxygen atoms in total. The summed E-state index contributed by atoms with van der Waals surface area (Å²) in [6.07, 6.45) is 1.03. The molecule has 0 aromatic heterocycles. The lowest BCUT2D eigenvalue weighted by molar-refractivity contribution is -0.153. The van der Waals surface area contributed by atoms with Crippen molar-refractivity contribution < 1.29 is 29.3 Å². The monoisotopic (exact) mass is 380 g/mol. The smallest absolute Gasteiger partial charge is 0.337 e. The lowest BCUT2D eigenvalue weighted by Crippen LogP contribution is -2.40. The van der Waals surface area contributed by atoms with Crippen LogP contribution in [-0.2, 0) is 19.1 Å². The van der Waals surface area contributed by atoms with E-state index >= 15 is 0 Å². The Hall–Kier alpha value is -1.40. The quantitative estimate of drug-likeness (QED) is 0.679. The van der Waals surface area contributed by atoms with Gasteiger partial charge in [-0.05, 0) is 44.9 Å². The lowest BCUT2D eigenvalue weighted by atomic mass is 9.84. The molecule has 4 aliphatic rings. The van der Waals surface area contributed by atoms with Crippen LogP contribution in [0.1, 0.15) is 66.2 Å². The van der Waals surface area contributed by atoms with Crippen molar-refractivity contribution in [2.24, 2.45) is 17.8 Å². The number of ether oxygens (including phenoxy) is 2. The topological polar surface area (TPSA) is 93.1 Å². The van der Waals surface area contributed by atoms with Crippen LogP contribution in [0.5, 0.6) is 0 Å². The van der Waals surface area contributed by atoms with E-state index in [1.807, 2.05) is 20.8 Å². The van der Waals surface area contributed by atoms with Crippen LogP contribution in [-0.4, -0.2) is 45.9 Å². The van der Waals surface area contributed by atoms with Gasteiger partial charge < -0.3 is 19.7 Å². The summed E-state index contributed by atoms with van der Waals surface area (Å²) in [6, 6.07) is 0. The third-order valence-corrected chi connectivity index (χ3v) is 6.62. The summed E-state index contributed by atoms with van der Waals surface area (Å²) in [6.45, 7) is 7.75. The van der Waals surface area contributed by atoms with Gasteiger partial charge in [0, 0.05) is 12.3 Å². The summed E-state index contributed by atoms with van der Waals surface area (Å²) >= 11 is 0. The van der Waals surface area contributed by atoms with Crippen LogP contribution in [0.2, 0.25) is 0 Å². The zero-order valence-electron chi connectivity index (χ0n) is 16.7. The van der Waals surface area contributed by atoms with Crippen LogP contribution in [0, 0.1) is 17.8 Å². The Morgan fingerprint density at radius 2 is 1.96 bits per heavy atom. The summed E-state index contributed by atoms with van der Waals surface area (Å²) < 4.78 is 11.8. The Labute approximate surface area is 160 Å². The number of carbonyl (C=O) groups is 2. The van der Waals surface area contributed by atoms with Crippen molar-refractivity contribution in [3.05, 3.63) is 11.3 Å². The standard InChI is InChI=1S/C21H32O6/c1-5-13-17-9-15(22)11(2)8-16(23)19-12(3)10-21(4,27-19)7-6-14(18(13)24)20(25)26-17/h11-13,16-17,19,23-24H,5-10H2,1-4H3/t11-,12+,13-,16-,17-,19-,21+/m1/s1. The van der Waals surface area contributed by atoms with Crippen molar-refractivity contribution in [3.8, 4) is 0 Å². The van der Waals surface area contributed by atoms with Gasteiger partial charge in [-0.2, -0.15) is 0 Å². The number of carbonyl (C=O) groups excluding carboxylic acids is 2. The van der Waals surface area contributed by atoms with Crippen molar-refractivity contribution >= 4 is 11.8 Å². The number of aliphatic hydroxyl groups excluding tert-OH is 2. The number of aliphatic hydroxyl groups is 2. The van der Waals surface area contributed by atoms with Crippen molar-refractivity contribution in [2.75, 3.05) is 0 Å². The van der Waals surface area contributed by atoms with E-state index in [2.05, 4.69) is 0 Å². The van der Waals surface area contributed by atoms with Gasteiger partial charge in [0.15, 0.2) is 0 Å². The highest BCUT2D eigenvalue weighted by Gasteiger charge is 2.46. The van der Waals surface area contributed by atoms with Gasteiger partial charge in [-0.15, -0.1) is 0 Å². The van der Waals surface area contributed by atoms with Gasteiger partial charge in [-0.25, -0.2) is 4.79 Å². The molecule has 2 fully saturated rings. The fourth-order valence-corrected chi connectivity index (χ4v) is 4.99. The summed E-state index contributed by atoms with van der Waals surface area (Å²) in [7, 11) is 0. The van der Waals surface area contributed by atoms with Crippen LogP contribution in [0.25, 0.3) is 0 Å². The molecule has 2 saturated heterocycles. The van der Waals surface area contributed by atoms with Gasteiger partial charge in [0.1, 0.15) is 17.6 Å². The predicted octanol–water partition coefficient (Wildman–Crippen LogP) is 3.07. The number of ketones is 1. The van der Waals surface area contributed by atoms with Crippen LogP contribution in [0.15, 0.2) is 11.3 Å². The first-order valence-corrected chi connectivity index (χ1v) is 10.2. The Balaban J connectivity index is 1.96. The maximum atomic E-state index is 12.7. The van der Waals surface area contributed by atoms with Crippen LogP contribution in [0.3, 0.4) is 0 Å². The molecular weight excluding hydrogens is 348 g/mol. The lowest BCUT2D eigenvalue weighted by Gasteiger charge is -2.34. The molecule has 0 amide bonds. The fraction of sp³-hybridized carbons (Fsp3) is 0.810. The first-order valence-electron chi connectivity index (χ1n) is 10.2. The molecule has 7 atom stereocenters. The molecule has 4 rings (SSSR count). The molecule has 0 aromatic rings. The Morgan fingerprint density at radius 1 is 1.26 bits per heavy atom. The molecule has 4 bridgehead atoms. The van der Waals surface area contributed by atoms with E-state index in [1.165, 1.54) is 0 Å². The van der Waals surface area contributed by atoms with Crippen LogP contribution in [0.4, 0.5) is 0 Å². The number of hydrogen-bond donors (Lipinski definition) is 2. The van der Waals surface area contributed by atoms with Crippen molar-refractivity contribution in [3.63, 3.8) is 0 Å². The summed E-state index contributed by atoms with van der Waals surface area (Å²) in [5.41, 5.74) is -0.175. The first-order chi connectivity index (χ1) is 12.6. The highest BCUT2D eigenvalue weighted by atomic mass is 16.5. The Morgan fingerprint density at radius 3 is 2.63 bits per heavy atom. The second-order valence-corrected chi connectivity index (χ2v) is 8.91.